The molecular formula is C12H28N4S2Sn. The first-order chi connectivity index (χ1) is 8.54. The molecule has 0 spiro atoms. The van der Waals surface area contributed by atoms with E-state index in [-0.39, 0.29) is 11.1 Å². The zero-order valence-corrected chi connectivity index (χ0v) is 18.0. The average Bonchev–Trinajstić information content (AvgIpc) is 2.24. The summed E-state index contributed by atoms with van der Waals surface area (Å²) in [6, 6.07) is 0. The van der Waals surface area contributed by atoms with E-state index < -0.39 is 18.9 Å². The van der Waals surface area contributed by atoms with E-state index in [0.717, 1.165) is 8.87 Å². The molecule has 0 aliphatic heterocycles. The number of nitrogens with zero attached hydrogens (tertiary/aromatic N) is 4. The maximum absolute atomic E-state index is 4.81. The van der Waals surface area contributed by atoms with Gasteiger partial charge in [0.05, 0.1) is 0 Å². The molecule has 0 saturated carbocycles. The number of rotatable bonds is 4. The fraction of sp³-hybridized carbons (Fsp3) is 1.00. The Morgan fingerprint density at radius 3 is 1.26 bits per heavy atom. The summed E-state index contributed by atoms with van der Waals surface area (Å²) in [5, 5.41) is 0. The molecule has 0 bridgehead atoms. The third kappa shape index (κ3) is 9.90. The molecule has 0 saturated heterocycles. The van der Waals surface area contributed by atoms with Crippen molar-refractivity contribution >= 4 is 41.6 Å². The molecule has 0 aromatic rings. The minimum absolute atomic E-state index is 0.0455. The Bertz CT molecular complexity index is 368. The van der Waals surface area contributed by atoms with Crippen LogP contribution in [0.1, 0.15) is 55.4 Å². The second-order valence-electron chi connectivity index (χ2n) is 6.56. The molecule has 0 radical (unpaired) electrons. The van der Waals surface area contributed by atoms with Crippen LogP contribution >= 0.6 is 0 Å². The Hall–Kier alpha value is 0.439. The molecule has 112 valence electrons. The first-order valence-electron chi connectivity index (χ1n) is 6.75. The van der Waals surface area contributed by atoms with Crippen molar-refractivity contribution in [3.63, 3.8) is 0 Å². The topological polar surface area (TPSA) is 49.4 Å². The summed E-state index contributed by atoms with van der Waals surface area (Å²) in [6.07, 6.45) is 0. The van der Waals surface area contributed by atoms with Gasteiger partial charge in [0.25, 0.3) is 0 Å². The monoisotopic (exact) mass is 412 g/mol. The summed E-state index contributed by atoms with van der Waals surface area (Å²) in [4.78, 5) is 0. The van der Waals surface area contributed by atoms with Crippen molar-refractivity contribution in [3.8, 4) is 0 Å². The van der Waals surface area contributed by atoms with E-state index >= 15 is 0 Å². The van der Waals surface area contributed by atoms with Gasteiger partial charge in [-0.15, -0.1) is 0 Å². The Balaban J connectivity index is 5.29. The zero-order valence-electron chi connectivity index (χ0n) is 13.5. The van der Waals surface area contributed by atoms with Gasteiger partial charge in [0.1, 0.15) is 0 Å². The van der Waals surface area contributed by atoms with Crippen molar-refractivity contribution in [2.45, 2.75) is 75.3 Å². The van der Waals surface area contributed by atoms with Gasteiger partial charge in [-0.1, -0.05) is 0 Å². The Kier molecular flexibility index (Phi) is 8.21. The van der Waals surface area contributed by atoms with Gasteiger partial charge in [-0.2, -0.15) is 0 Å². The third-order valence-electron chi connectivity index (χ3n) is 2.18. The van der Waals surface area contributed by atoms with Crippen molar-refractivity contribution in [2.24, 2.45) is 13.9 Å². The van der Waals surface area contributed by atoms with Gasteiger partial charge in [0, 0.05) is 0 Å². The normalized spacial score (nSPS) is 12.6. The third-order valence-corrected chi connectivity index (χ3v) is 18.0. The summed E-state index contributed by atoms with van der Waals surface area (Å²) in [5.41, 5.74) is -0.0909. The predicted molar refractivity (Wildman–Crippen MR) is 90.7 cm³/mol. The number of hydrogen-bond acceptors (Lipinski definition) is 4. The SMILES string of the molecule is C[CH2][Sn]([CH2]C)([N]=S=NC(C)(C)C)[N]=S=NC(C)(C)C. The molecule has 0 unspecified atom stereocenters. The van der Waals surface area contributed by atoms with E-state index in [1.165, 1.54) is 22.7 Å². The molecule has 4 nitrogen and oxygen atoms in total. The van der Waals surface area contributed by atoms with Gasteiger partial charge in [-0.05, 0) is 0 Å². The fourth-order valence-electron chi connectivity index (χ4n) is 0.963. The van der Waals surface area contributed by atoms with Crippen molar-refractivity contribution in [2.75, 3.05) is 0 Å². The Morgan fingerprint density at radius 2 is 1.05 bits per heavy atom. The molecule has 19 heavy (non-hydrogen) atoms. The van der Waals surface area contributed by atoms with E-state index in [1.807, 2.05) is 0 Å². The van der Waals surface area contributed by atoms with E-state index in [4.69, 9.17) is 5.17 Å². The van der Waals surface area contributed by atoms with E-state index in [1.54, 1.807) is 0 Å². The summed E-state index contributed by atoms with van der Waals surface area (Å²) in [7, 11) is 0. The first kappa shape index (κ1) is 19.4. The van der Waals surface area contributed by atoms with E-state index in [0.29, 0.717) is 0 Å². The molecule has 7 heteroatoms. The summed E-state index contributed by atoms with van der Waals surface area (Å²) < 4.78 is 20.8. The molecule has 0 atom stereocenters. The molecule has 0 N–H and O–H groups in total. The standard InChI is InChI=1S/2C4H9N2S.2C2H5.Sn/c2*1-4(2,3)6-7-5;2*1-2;/h2*1-3H3;2*1H2,2H3;/q2*-1;;;+2. The second kappa shape index (κ2) is 8.02. The number of hydrogen-bond donors (Lipinski definition) is 0. The van der Waals surface area contributed by atoms with Gasteiger partial charge in [0.15, 0.2) is 0 Å². The van der Waals surface area contributed by atoms with Crippen LogP contribution in [-0.2, 0) is 22.7 Å². The van der Waals surface area contributed by atoms with Crippen LogP contribution in [0.3, 0.4) is 0 Å². The molecule has 0 aromatic heterocycles. The summed E-state index contributed by atoms with van der Waals surface area (Å²) in [5.74, 6) is 0. The minimum atomic E-state index is -2.76. The van der Waals surface area contributed by atoms with Crippen LogP contribution in [0.25, 0.3) is 0 Å². The van der Waals surface area contributed by atoms with Gasteiger partial charge in [0.2, 0.25) is 0 Å². The van der Waals surface area contributed by atoms with Crippen molar-refractivity contribution in [1.82, 2.24) is 0 Å². The first-order valence-corrected chi connectivity index (χ1v) is 14.8. The van der Waals surface area contributed by atoms with Crippen LogP contribution in [0.2, 0.25) is 8.87 Å². The van der Waals surface area contributed by atoms with E-state index in [9.17, 15) is 0 Å². The summed E-state index contributed by atoms with van der Waals surface area (Å²) >= 11 is -0.0180. The second-order valence-corrected chi connectivity index (χ2v) is 20.4. The van der Waals surface area contributed by atoms with Crippen LogP contribution in [0.4, 0.5) is 0 Å². The van der Waals surface area contributed by atoms with Crippen LogP contribution < -0.4 is 0 Å². The molecule has 0 amide bonds. The zero-order chi connectivity index (χ0) is 15.2. The van der Waals surface area contributed by atoms with Gasteiger partial charge in [-0.3, -0.25) is 0 Å². The van der Waals surface area contributed by atoms with E-state index in [2.05, 4.69) is 64.1 Å². The van der Waals surface area contributed by atoms with Crippen molar-refractivity contribution in [3.05, 3.63) is 0 Å². The van der Waals surface area contributed by atoms with Gasteiger partial charge >= 0.3 is 131 Å². The van der Waals surface area contributed by atoms with Crippen molar-refractivity contribution < 1.29 is 0 Å². The van der Waals surface area contributed by atoms with Crippen LogP contribution in [0.5, 0.6) is 0 Å². The quantitative estimate of drug-likeness (QED) is 0.587. The maximum atomic E-state index is 4.81. The molecule has 0 aliphatic rings. The van der Waals surface area contributed by atoms with Gasteiger partial charge < -0.3 is 0 Å². The molecule has 0 fully saturated rings. The van der Waals surface area contributed by atoms with Gasteiger partial charge in [-0.25, -0.2) is 0 Å². The molecule has 0 rings (SSSR count). The Morgan fingerprint density at radius 1 is 0.737 bits per heavy atom. The molecule has 0 heterocycles. The summed E-state index contributed by atoms with van der Waals surface area (Å²) in [6.45, 7) is 16.9. The fourth-order valence-corrected chi connectivity index (χ4v) is 12.5. The molecule has 0 aromatic carbocycles. The van der Waals surface area contributed by atoms with Crippen LogP contribution in [0, 0.1) is 0 Å². The predicted octanol–water partition coefficient (Wildman–Crippen LogP) is 4.97. The van der Waals surface area contributed by atoms with Crippen molar-refractivity contribution in [1.29, 1.82) is 0 Å². The average molecular weight is 411 g/mol. The van der Waals surface area contributed by atoms with Crippen LogP contribution in [-0.4, -0.2) is 30.0 Å². The van der Waals surface area contributed by atoms with Crippen LogP contribution in [0.15, 0.2) is 13.9 Å². The molecular weight excluding hydrogens is 383 g/mol. The Labute approximate surface area is 130 Å². The molecule has 0 aliphatic carbocycles.